The maximum absolute atomic E-state index is 12.1. The van der Waals surface area contributed by atoms with Crippen LogP contribution in [-0.2, 0) is 14.3 Å². The topological polar surface area (TPSA) is 64.6 Å². The smallest absolute Gasteiger partial charge is 0.344 e. The first-order valence-corrected chi connectivity index (χ1v) is 9.96. The molecule has 0 saturated heterocycles. The van der Waals surface area contributed by atoms with Crippen molar-refractivity contribution >= 4 is 11.9 Å². The summed E-state index contributed by atoms with van der Waals surface area (Å²) in [6, 6.07) is 6.12. The normalized spacial score (nSPS) is 22.4. The van der Waals surface area contributed by atoms with Crippen LogP contribution in [0.2, 0.25) is 0 Å². The molecule has 150 valence electrons. The number of aryl methyl sites for hydroxylation is 1. The first kappa shape index (κ1) is 21.3. The zero-order chi connectivity index (χ0) is 20.0. The number of benzene rings is 1. The molecule has 27 heavy (non-hydrogen) atoms. The fraction of sp³-hybridized carbons (Fsp3) is 0.636. The van der Waals surface area contributed by atoms with E-state index >= 15 is 0 Å². The number of hydrogen-bond donors (Lipinski definition) is 1. The molecule has 0 spiro atoms. The third-order valence-electron chi connectivity index (χ3n) is 5.55. The van der Waals surface area contributed by atoms with E-state index in [0.717, 1.165) is 24.0 Å². The molecule has 3 unspecified atom stereocenters. The minimum Gasteiger partial charge on any atom is -0.482 e. The lowest BCUT2D eigenvalue weighted by molar-refractivity contribution is -0.150. The summed E-state index contributed by atoms with van der Waals surface area (Å²) >= 11 is 0. The third-order valence-corrected chi connectivity index (χ3v) is 5.55. The van der Waals surface area contributed by atoms with Crippen molar-refractivity contribution in [3.63, 3.8) is 0 Å². The molecule has 1 aliphatic rings. The molecule has 1 N–H and O–H groups in total. The highest BCUT2D eigenvalue weighted by atomic mass is 16.6. The second kappa shape index (κ2) is 9.77. The van der Waals surface area contributed by atoms with Crippen LogP contribution in [0.4, 0.5) is 0 Å². The monoisotopic (exact) mass is 375 g/mol. The van der Waals surface area contributed by atoms with E-state index in [-0.39, 0.29) is 25.2 Å². The van der Waals surface area contributed by atoms with E-state index in [4.69, 9.17) is 9.47 Å². The van der Waals surface area contributed by atoms with Crippen LogP contribution < -0.4 is 10.1 Å². The quantitative estimate of drug-likeness (QED) is 0.732. The largest absolute Gasteiger partial charge is 0.482 e. The molecule has 0 radical (unpaired) electrons. The molecule has 1 saturated carbocycles. The van der Waals surface area contributed by atoms with Crippen LogP contribution in [0, 0.1) is 18.8 Å². The molecule has 5 nitrogen and oxygen atoms in total. The van der Waals surface area contributed by atoms with Gasteiger partial charge in [-0.3, -0.25) is 4.79 Å². The van der Waals surface area contributed by atoms with Crippen LogP contribution in [0.1, 0.15) is 64.0 Å². The van der Waals surface area contributed by atoms with Crippen LogP contribution >= 0.6 is 0 Å². The Balaban J connectivity index is 1.78. The summed E-state index contributed by atoms with van der Waals surface area (Å²) in [7, 11) is 0. The van der Waals surface area contributed by atoms with E-state index in [1.165, 1.54) is 6.42 Å². The Morgan fingerprint density at radius 2 is 1.93 bits per heavy atom. The van der Waals surface area contributed by atoms with Gasteiger partial charge in [-0.25, -0.2) is 4.79 Å². The number of carbonyl (C=O) groups excluding carboxylic acids is 2. The zero-order valence-electron chi connectivity index (χ0n) is 17.2. The zero-order valence-corrected chi connectivity index (χ0v) is 17.2. The Morgan fingerprint density at radius 3 is 2.63 bits per heavy atom. The molecule has 5 heteroatoms. The van der Waals surface area contributed by atoms with Crippen LogP contribution in [-0.4, -0.2) is 31.1 Å². The molecule has 1 fully saturated rings. The van der Waals surface area contributed by atoms with Gasteiger partial charge >= 0.3 is 5.97 Å². The van der Waals surface area contributed by atoms with E-state index in [9.17, 15) is 9.59 Å². The van der Waals surface area contributed by atoms with Gasteiger partial charge in [-0.2, -0.15) is 0 Å². The summed E-state index contributed by atoms with van der Waals surface area (Å²) in [6.07, 6.45) is 3.32. The van der Waals surface area contributed by atoms with Crippen LogP contribution in [0.5, 0.6) is 5.75 Å². The van der Waals surface area contributed by atoms with Gasteiger partial charge < -0.3 is 14.8 Å². The first-order chi connectivity index (χ1) is 12.8. The van der Waals surface area contributed by atoms with E-state index in [1.54, 1.807) is 0 Å². The molecular formula is C22H33NO4. The molecular weight excluding hydrogens is 342 g/mol. The Morgan fingerprint density at radius 1 is 1.19 bits per heavy atom. The van der Waals surface area contributed by atoms with Crippen molar-refractivity contribution in [2.75, 3.05) is 13.2 Å². The second-order valence-corrected chi connectivity index (χ2v) is 8.09. The number of rotatable bonds is 7. The van der Waals surface area contributed by atoms with Crippen LogP contribution in [0.15, 0.2) is 18.2 Å². The summed E-state index contributed by atoms with van der Waals surface area (Å²) < 4.78 is 10.7. The molecule has 1 aromatic rings. The molecule has 1 aromatic carbocycles. The lowest BCUT2D eigenvalue weighted by Gasteiger charge is -2.34. The van der Waals surface area contributed by atoms with E-state index in [1.807, 2.05) is 25.1 Å². The van der Waals surface area contributed by atoms with Crippen molar-refractivity contribution in [3.8, 4) is 5.75 Å². The molecule has 0 heterocycles. The average Bonchev–Trinajstić information content (AvgIpc) is 2.62. The highest BCUT2D eigenvalue weighted by molar-refractivity contribution is 5.81. The van der Waals surface area contributed by atoms with Crippen LogP contribution in [0.25, 0.3) is 0 Å². The summed E-state index contributed by atoms with van der Waals surface area (Å²) in [5.74, 6) is 1.25. The minimum absolute atomic E-state index is 0.164. The summed E-state index contributed by atoms with van der Waals surface area (Å²) in [6.45, 7) is 10.1. The summed E-state index contributed by atoms with van der Waals surface area (Å²) in [4.78, 5) is 24.1. The molecule has 0 aromatic heterocycles. The number of ether oxygens (including phenoxy) is 2. The maximum Gasteiger partial charge on any atom is 0.344 e. The molecule has 0 aliphatic heterocycles. The van der Waals surface area contributed by atoms with E-state index in [0.29, 0.717) is 23.5 Å². The SMILES string of the molecule is Cc1ccc(C(C)C)c(OCC(=O)OCC(=O)NC2CCCC(C)C2C)c1. The second-order valence-electron chi connectivity index (χ2n) is 8.09. The Kier molecular flexibility index (Phi) is 7.69. The van der Waals surface area contributed by atoms with Crippen molar-refractivity contribution in [1.29, 1.82) is 0 Å². The van der Waals surface area contributed by atoms with E-state index < -0.39 is 5.97 Å². The van der Waals surface area contributed by atoms with Crippen molar-refractivity contribution in [1.82, 2.24) is 5.32 Å². The van der Waals surface area contributed by atoms with Gasteiger partial charge in [0.15, 0.2) is 13.2 Å². The molecule has 1 aliphatic carbocycles. The highest BCUT2D eigenvalue weighted by Crippen LogP contribution is 2.29. The number of amides is 1. The van der Waals surface area contributed by atoms with Gasteiger partial charge in [0.25, 0.3) is 5.91 Å². The fourth-order valence-corrected chi connectivity index (χ4v) is 3.60. The van der Waals surface area contributed by atoms with E-state index in [2.05, 4.69) is 33.0 Å². The predicted molar refractivity (Wildman–Crippen MR) is 106 cm³/mol. The number of esters is 1. The Labute approximate surface area is 162 Å². The molecule has 2 rings (SSSR count). The first-order valence-electron chi connectivity index (χ1n) is 9.96. The van der Waals surface area contributed by atoms with Crippen LogP contribution in [0.3, 0.4) is 0 Å². The molecule has 0 bridgehead atoms. The fourth-order valence-electron chi connectivity index (χ4n) is 3.60. The molecule has 3 atom stereocenters. The van der Waals surface area contributed by atoms with Crippen molar-refractivity contribution in [2.45, 2.75) is 65.8 Å². The van der Waals surface area contributed by atoms with Gasteiger partial charge in [0, 0.05) is 6.04 Å². The standard InChI is InChI=1S/C22H33NO4/c1-14(2)18-10-9-15(3)11-20(18)26-13-22(25)27-12-21(24)23-19-8-6-7-16(4)17(19)5/h9-11,14,16-17,19H,6-8,12-13H2,1-5H3,(H,23,24). The Hall–Kier alpha value is -2.04. The lowest BCUT2D eigenvalue weighted by Crippen LogP contribution is -2.45. The lowest BCUT2D eigenvalue weighted by atomic mass is 9.78. The number of nitrogens with one attached hydrogen (secondary N) is 1. The van der Waals surface area contributed by atoms with Gasteiger partial charge in [0.1, 0.15) is 5.75 Å². The van der Waals surface area contributed by atoms with Crippen molar-refractivity contribution in [3.05, 3.63) is 29.3 Å². The summed E-state index contributed by atoms with van der Waals surface area (Å²) in [5, 5.41) is 3.00. The average molecular weight is 376 g/mol. The van der Waals surface area contributed by atoms with Gasteiger partial charge in [-0.05, 0) is 48.3 Å². The maximum atomic E-state index is 12.1. The van der Waals surface area contributed by atoms with Crippen molar-refractivity contribution < 1.29 is 19.1 Å². The van der Waals surface area contributed by atoms with Gasteiger partial charge in [0.2, 0.25) is 0 Å². The molecule has 1 amide bonds. The van der Waals surface area contributed by atoms with Crippen molar-refractivity contribution in [2.24, 2.45) is 11.8 Å². The van der Waals surface area contributed by atoms with Gasteiger partial charge in [-0.15, -0.1) is 0 Å². The highest BCUT2D eigenvalue weighted by Gasteiger charge is 2.28. The third kappa shape index (κ3) is 6.26. The predicted octanol–water partition coefficient (Wildman–Crippen LogP) is 3.98. The Bertz CT molecular complexity index is 656. The summed E-state index contributed by atoms with van der Waals surface area (Å²) in [5.41, 5.74) is 2.12. The number of carbonyl (C=O) groups is 2. The number of hydrogen-bond acceptors (Lipinski definition) is 4. The van der Waals surface area contributed by atoms with Gasteiger partial charge in [0.05, 0.1) is 0 Å². The van der Waals surface area contributed by atoms with Gasteiger partial charge in [-0.1, -0.05) is 52.7 Å². The minimum atomic E-state index is -0.536.